The van der Waals surface area contributed by atoms with E-state index in [4.69, 9.17) is 11.6 Å². The van der Waals surface area contributed by atoms with Crippen molar-refractivity contribution in [3.05, 3.63) is 11.5 Å². The first-order valence-corrected chi connectivity index (χ1v) is 6.76. The number of alkyl halides is 3. The summed E-state index contributed by atoms with van der Waals surface area (Å²) in [5, 5.41) is -0.0663. The van der Waals surface area contributed by atoms with Gasteiger partial charge < -0.3 is 9.80 Å². The molecule has 0 aliphatic carbocycles. The van der Waals surface area contributed by atoms with Crippen LogP contribution in [0.2, 0.25) is 5.28 Å². The zero-order chi connectivity index (χ0) is 15.8. The van der Waals surface area contributed by atoms with E-state index in [-0.39, 0.29) is 17.6 Å². The second-order valence-electron chi connectivity index (χ2n) is 4.77. The normalized spacial score (nSPS) is 19.0. The Kier molecular flexibility index (Phi) is 4.27. The first-order valence-electron chi connectivity index (χ1n) is 6.38. The summed E-state index contributed by atoms with van der Waals surface area (Å²) in [4.78, 5) is 22.5. The summed E-state index contributed by atoms with van der Waals surface area (Å²) in [6.45, 7) is 2.09. The molecular weight excluding hydrogens is 309 g/mol. The van der Waals surface area contributed by atoms with E-state index in [9.17, 15) is 18.0 Å². The predicted molar refractivity (Wildman–Crippen MR) is 72.5 cm³/mol. The summed E-state index contributed by atoms with van der Waals surface area (Å²) in [6.07, 6.45) is -3.75. The molecule has 0 fully saturated rings. The Morgan fingerprint density at radius 3 is 2.67 bits per heavy atom. The number of amides is 1. The van der Waals surface area contributed by atoms with Crippen LogP contribution in [0.25, 0.3) is 0 Å². The zero-order valence-electron chi connectivity index (χ0n) is 11.5. The number of aromatic nitrogens is 2. The van der Waals surface area contributed by atoms with Crippen LogP contribution >= 0.6 is 11.6 Å². The molecule has 9 heteroatoms. The zero-order valence-corrected chi connectivity index (χ0v) is 12.2. The molecule has 1 amide bonds. The number of hydrogen-bond acceptors (Lipinski definition) is 4. The Balaban J connectivity index is 2.49. The van der Waals surface area contributed by atoms with Crippen molar-refractivity contribution >= 4 is 29.0 Å². The van der Waals surface area contributed by atoms with E-state index in [1.54, 1.807) is 0 Å². The van der Waals surface area contributed by atoms with Crippen molar-refractivity contribution < 1.29 is 18.0 Å². The van der Waals surface area contributed by atoms with E-state index in [0.717, 1.165) is 4.90 Å². The maximum Gasteiger partial charge on any atom is 0.391 e. The molecule has 1 aliphatic heterocycles. The Morgan fingerprint density at radius 1 is 1.43 bits per heavy atom. The largest absolute Gasteiger partial charge is 0.391 e. The molecule has 0 radical (unpaired) electrons. The summed E-state index contributed by atoms with van der Waals surface area (Å²) in [7, 11) is 1.41. The van der Waals surface area contributed by atoms with Gasteiger partial charge in [0.2, 0.25) is 11.2 Å². The van der Waals surface area contributed by atoms with E-state index < -0.39 is 24.5 Å². The number of hydrogen-bond donors (Lipinski definition) is 0. The molecule has 2 rings (SSSR count). The van der Waals surface area contributed by atoms with Crippen LogP contribution in [0.1, 0.15) is 19.8 Å². The molecule has 1 aromatic heterocycles. The van der Waals surface area contributed by atoms with Crippen molar-refractivity contribution in [2.75, 3.05) is 23.4 Å². The van der Waals surface area contributed by atoms with Gasteiger partial charge in [-0.2, -0.15) is 18.2 Å². The highest BCUT2D eigenvalue weighted by Crippen LogP contribution is 2.37. The molecule has 0 spiro atoms. The maximum absolute atomic E-state index is 12.8. The van der Waals surface area contributed by atoms with Crippen LogP contribution in [-0.4, -0.2) is 41.7 Å². The molecule has 0 bridgehead atoms. The molecule has 2 heterocycles. The van der Waals surface area contributed by atoms with Crippen LogP contribution in [0, 0.1) is 0 Å². The number of rotatable bonds is 3. The lowest BCUT2D eigenvalue weighted by Crippen LogP contribution is -2.54. The van der Waals surface area contributed by atoms with E-state index in [1.165, 1.54) is 18.1 Å². The minimum atomic E-state index is -4.44. The second kappa shape index (κ2) is 5.67. The Morgan fingerprint density at radius 2 is 2.10 bits per heavy atom. The van der Waals surface area contributed by atoms with Gasteiger partial charge in [-0.15, -0.1) is 0 Å². The van der Waals surface area contributed by atoms with E-state index >= 15 is 0 Å². The number of anilines is 2. The topological polar surface area (TPSA) is 49.3 Å². The van der Waals surface area contributed by atoms with Crippen LogP contribution in [0.3, 0.4) is 0 Å². The third kappa shape index (κ3) is 3.20. The van der Waals surface area contributed by atoms with E-state index in [0.29, 0.717) is 12.1 Å². The van der Waals surface area contributed by atoms with Gasteiger partial charge in [-0.1, -0.05) is 6.92 Å². The molecule has 1 atom stereocenters. The fourth-order valence-corrected chi connectivity index (χ4v) is 2.47. The lowest BCUT2D eigenvalue weighted by Gasteiger charge is -2.40. The third-order valence-electron chi connectivity index (χ3n) is 3.24. The number of nitrogens with zero attached hydrogens (tertiary/aromatic N) is 4. The molecule has 5 nitrogen and oxygen atoms in total. The molecule has 1 aromatic rings. The van der Waals surface area contributed by atoms with Crippen LogP contribution in [0.4, 0.5) is 24.7 Å². The number of halogens is 4. The van der Waals surface area contributed by atoms with Crippen LogP contribution < -0.4 is 9.80 Å². The molecule has 1 aliphatic rings. The van der Waals surface area contributed by atoms with E-state index in [2.05, 4.69) is 9.97 Å². The summed E-state index contributed by atoms with van der Waals surface area (Å²) >= 11 is 5.73. The minimum Gasteiger partial charge on any atom is -0.342 e. The lowest BCUT2D eigenvalue weighted by atomic mass is 10.1. The maximum atomic E-state index is 12.8. The third-order valence-corrected chi connectivity index (χ3v) is 3.42. The Bertz CT molecular complexity index is 552. The molecule has 0 aromatic carbocycles. The Hall–Kier alpha value is -1.57. The van der Waals surface area contributed by atoms with Gasteiger partial charge in [0, 0.05) is 13.6 Å². The SMILES string of the molecule is CCCN1c2nc(Cl)ncc2N(C)C(=O)C1CC(F)(F)F. The highest BCUT2D eigenvalue weighted by Gasteiger charge is 2.44. The monoisotopic (exact) mass is 322 g/mol. The van der Waals surface area contributed by atoms with E-state index in [1.807, 2.05) is 6.92 Å². The summed E-state index contributed by atoms with van der Waals surface area (Å²) in [5.74, 6) is -0.368. The molecular formula is C12H14ClF3N4O. The van der Waals surface area contributed by atoms with Gasteiger partial charge in [0.1, 0.15) is 11.7 Å². The van der Waals surface area contributed by atoms with Gasteiger partial charge in [-0.05, 0) is 18.0 Å². The van der Waals surface area contributed by atoms with Gasteiger partial charge >= 0.3 is 6.18 Å². The van der Waals surface area contributed by atoms with Crippen molar-refractivity contribution in [2.24, 2.45) is 0 Å². The quantitative estimate of drug-likeness (QED) is 0.803. The summed E-state index contributed by atoms with van der Waals surface area (Å²) < 4.78 is 38.3. The highest BCUT2D eigenvalue weighted by molar-refractivity contribution is 6.28. The van der Waals surface area contributed by atoms with Gasteiger partial charge in [0.05, 0.1) is 12.6 Å². The average Bonchev–Trinajstić information content (AvgIpc) is 2.38. The molecule has 21 heavy (non-hydrogen) atoms. The summed E-state index contributed by atoms with van der Waals surface area (Å²) in [5.41, 5.74) is 0.358. The highest BCUT2D eigenvalue weighted by atomic mass is 35.5. The van der Waals surface area contributed by atoms with Crippen molar-refractivity contribution in [2.45, 2.75) is 32.0 Å². The number of carbonyl (C=O) groups is 1. The van der Waals surface area contributed by atoms with Crippen molar-refractivity contribution in [3.8, 4) is 0 Å². The first kappa shape index (κ1) is 15.8. The first-order chi connectivity index (χ1) is 9.74. The molecule has 0 saturated carbocycles. The minimum absolute atomic E-state index is 0.0663. The molecule has 1 unspecified atom stereocenters. The lowest BCUT2D eigenvalue weighted by molar-refractivity contribution is -0.146. The second-order valence-corrected chi connectivity index (χ2v) is 5.11. The van der Waals surface area contributed by atoms with Crippen molar-refractivity contribution in [1.29, 1.82) is 0 Å². The van der Waals surface area contributed by atoms with Crippen molar-refractivity contribution in [1.82, 2.24) is 9.97 Å². The molecule has 0 saturated heterocycles. The molecule has 0 N–H and O–H groups in total. The predicted octanol–water partition coefficient (Wildman–Crippen LogP) is 2.64. The standard InChI is InChI=1S/C12H14ClF3N4O/c1-3-4-20-7(5-12(14,15)16)10(21)19(2)8-6-17-11(13)18-9(8)20/h6-7H,3-5H2,1-2H3. The summed E-state index contributed by atoms with van der Waals surface area (Å²) in [6, 6.07) is -1.33. The van der Waals surface area contributed by atoms with Crippen molar-refractivity contribution in [3.63, 3.8) is 0 Å². The fraction of sp³-hybridized carbons (Fsp3) is 0.583. The van der Waals surface area contributed by atoms with Crippen LogP contribution in [0.5, 0.6) is 0 Å². The van der Waals surface area contributed by atoms with Crippen LogP contribution in [0.15, 0.2) is 6.20 Å². The molecule has 116 valence electrons. The van der Waals surface area contributed by atoms with Crippen LogP contribution in [-0.2, 0) is 4.79 Å². The number of likely N-dealkylation sites (N-methyl/N-ethyl adjacent to an activating group) is 1. The van der Waals surface area contributed by atoms with Gasteiger partial charge in [0.15, 0.2) is 5.82 Å². The van der Waals surface area contributed by atoms with Gasteiger partial charge in [-0.3, -0.25) is 4.79 Å². The number of fused-ring (bicyclic) bond motifs is 1. The fourth-order valence-electron chi connectivity index (χ4n) is 2.34. The van der Waals surface area contributed by atoms with Gasteiger partial charge in [-0.25, -0.2) is 4.98 Å². The van der Waals surface area contributed by atoms with Gasteiger partial charge in [0.25, 0.3) is 0 Å². The smallest absolute Gasteiger partial charge is 0.342 e. The average molecular weight is 323 g/mol. The Labute approximate surface area is 124 Å². The number of carbonyl (C=O) groups excluding carboxylic acids is 1.